The van der Waals surface area contributed by atoms with Gasteiger partial charge in [-0.1, -0.05) is 0 Å². The van der Waals surface area contributed by atoms with Crippen molar-refractivity contribution in [1.29, 1.82) is 0 Å². The number of hydrogen-bond acceptors (Lipinski definition) is 3. The first kappa shape index (κ1) is 11.3. The molecule has 5 heteroatoms. The molecule has 1 atom stereocenters. The zero-order valence-corrected chi connectivity index (χ0v) is 8.29. The van der Waals surface area contributed by atoms with Crippen LogP contribution in [-0.4, -0.2) is 44.0 Å². The molecule has 1 heterocycles. The van der Waals surface area contributed by atoms with Crippen LogP contribution in [0.25, 0.3) is 0 Å². The number of amides is 1. The molecule has 0 saturated carbocycles. The summed E-state index contributed by atoms with van der Waals surface area (Å²) in [4.78, 5) is 10.1. The van der Waals surface area contributed by atoms with E-state index in [9.17, 15) is 4.79 Å². The van der Waals surface area contributed by atoms with Crippen LogP contribution in [0.3, 0.4) is 0 Å². The highest BCUT2D eigenvalue weighted by Crippen LogP contribution is 2.09. The molecule has 0 aliphatic carbocycles. The largest absolute Gasteiger partial charge is 0.465 e. The Morgan fingerprint density at radius 1 is 1.64 bits per heavy atom. The third-order valence-electron chi connectivity index (χ3n) is 2.28. The quantitative estimate of drug-likeness (QED) is 0.560. The average molecular weight is 202 g/mol. The summed E-state index contributed by atoms with van der Waals surface area (Å²) in [5, 5.41) is 13.8. The summed E-state index contributed by atoms with van der Waals surface area (Å²) >= 11 is 0. The maximum Gasteiger partial charge on any atom is 0.404 e. The molecule has 1 saturated heterocycles. The van der Waals surface area contributed by atoms with Gasteiger partial charge in [-0.15, -0.1) is 0 Å². The van der Waals surface area contributed by atoms with E-state index in [1.165, 1.54) is 12.8 Å². The first-order chi connectivity index (χ1) is 6.79. The minimum absolute atomic E-state index is 0.371. The molecule has 0 radical (unpaired) electrons. The normalized spacial score (nSPS) is 21.9. The Hall–Kier alpha value is -0.810. The molecule has 0 spiro atoms. The van der Waals surface area contributed by atoms with Crippen LogP contribution in [0.2, 0.25) is 0 Å². The van der Waals surface area contributed by atoms with Gasteiger partial charge in [0.25, 0.3) is 0 Å². The fraction of sp³-hybridized carbons (Fsp3) is 0.889. The lowest BCUT2D eigenvalue weighted by Gasteiger charge is -2.22. The van der Waals surface area contributed by atoms with Gasteiger partial charge < -0.3 is 20.5 Å². The number of carboxylic acid groups (broad SMARTS) is 1. The second-order valence-electron chi connectivity index (χ2n) is 3.52. The van der Waals surface area contributed by atoms with Crippen LogP contribution >= 0.6 is 0 Å². The van der Waals surface area contributed by atoms with Crippen LogP contribution in [0.15, 0.2) is 0 Å². The van der Waals surface area contributed by atoms with Crippen LogP contribution in [-0.2, 0) is 4.74 Å². The van der Waals surface area contributed by atoms with Crippen molar-refractivity contribution in [2.45, 2.75) is 12.8 Å². The molecule has 0 aromatic heterocycles. The van der Waals surface area contributed by atoms with E-state index >= 15 is 0 Å². The van der Waals surface area contributed by atoms with Crippen molar-refractivity contribution in [2.24, 2.45) is 5.92 Å². The predicted molar refractivity (Wildman–Crippen MR) is 52.4 cm³/mol. The minimum Gasteiger partial charge on any atom is -0.465 e. The Morgan fingerprint density at radius 3 is 3.14 bits per heavy atom. The highest BCUT2D eigenvalue weighted by Gasteiger charge is 2.12. The summed E-state index contributed by atoms with van der Waals surface area (Å²) in [6.45, 7) is 3.69. The molecule has 1 aliphatic heterocycles. The van der Waals surface area contributed by atoms with E-state index < -0.39 is 6.09 Å². The summed E-state index contributed by atoms with van der Waals surface area (Å²) < 4.78 is 5.36. The van der Waals surface area contributed by atoms with Crippen molar-refractivity contribution in [3.05, 3.63) is 0 Å². The van der Waals surface area contributed by atoms with Gasteiger partial charge in [-0.3, -0.25) is 0 Å². The molecule has 1 unspecified atom stereocenters. The van der Waals surface area contributed by atoms with Gasteiger partial charge in [-0.2, -0.15) is 0 Å². The van der Waals surface area contributed by atoms with Crippen molar-refractivity contribution in [1.82, 2.24) is 10.6 Å². The number of rotatable bonds is 5. The third kappa shape index (κ3) is 5.04. The molecule has 1 aliphatic rings. The summed E-state index contributed by atoms with van der Waals surface area (Å²) in [6, 6.07) is 0. The third-order valence-corrected chi connectivity index (χ3v) is 2.28. The second kappa shape index (κ2) is 6.62. The molecule has 1 rings (SSSR count). The number of nitrogens with one attached hydrogen (secondary N) is 2. The van der Waals surface area contributed by atoms with Gasteiger partial charge in [0.05, 0.1) is 13.2 Å². The summed E-state index contributed by atoms with van der Waals surface area (Å²) in [6.07, 6.45) is 1.42. The highest BCUT2D eigenvalue weighted by molar-refractivity contribution is 5.64. The van der Waals surface area contributed by atoms with Crippen molar-refractivity contribution in [3.8, 4) is 0 Å². The van der Waals surface area contributed by atoms with Crippen molar-refractivity contribution >= 4 is 6.09 Å². The Labute approximate surface area is 83.8 Å². The number of hydrogen-bond donors (Lipinski definition) is 3. The van der Waals surface area contributed by atoms with E-state index in [-0.39, 0.29) is 0 Å². The molecule has 0 bridgehead atoms. The molecule has 1 amide bonds. The second-order valence-corrected chi connectivity index (χ2v) is 3.52. The molecule has 14 heavy (non-hydrogen) atoms. The zero-order valence-electron chi connectivity index (χ0n) is 8.29. The van der Waals surface area contributed by atoms with Gasteiger partial charge in [0.1, 0.15) is 0 Å². The maximum atomic E-state index is 10.1. The van der Waals surface area contributed by atoms with E-state index in [1.54, 1.807) is 0 Å². The van der Waals surface area contributed by atoms with Gasteiger partial charge in [-0.25, -0.2) is 4.79 Å². The van der Waals surface area contributed by atoms with Gasteiger partial charge in [0, 0.05) is 13.1 Å². The van der Waals surface area contributed by atoms with Gasteiger partial charge in [0.15, 0.2) is 0 Å². The lowest BCUT2D eigenvalue weighted by atomic mass is 10.0. The van der Waals surface area contributed by atoms with Crippen LogP contribution in [0.4, 0.5) is 4.79 Å². The van der Waals surface area contributed by atoms with Crippen molar-refractivity contribution in [2.75, 3.05) is 32.8 Å². The molecule has 1 fully saturated rings. The highest BCUT2D eigenvalue weighted by atomic mass is 16.5. The first-order valence-corrected chi connectivity index (χ1v) is 5.04. The predicted octanol–water partition coefficient (Wildman–Crippen LogP) is 0.270. The van der Waals surface area contributed by atoms with E-state index in [2.05, 4.69) is 10.6 Å². The Balaban J connectivity index is 1.90. The number of carbonyl (C=O) groups is 1. The SMILES string of the molecule is O=C(O)NCCOCC1CCCNC1. The van der Waals surface area contributed by atoms with Gasteiger partial charge in [0.2, 0.25) is 0 Å². The van der Waals surface area contributed by atoms with Crippen molar-refractivity contribution in [3.63, 3.8) is 0 Å². The number of ether oxygens (including phenoxy) is 1. The molecule has 5 nitrogen and oxygen atoms in total. The fourth-order valence-corrected chi connectivity index (χ4v) is 1.55. The minimum atomic E-state index is -0.993. The fourth-order valence-electron chi connectivity index (χ4n) is 1.55. The standard InChI is InChI=1S/C9H18N2O3/c12-9(13)11-4-5-14-7-8-2-1-3-10-6-8/h8,10-11H,1-7H2,(H,12,13). The monoisotopic (exact) mass is 202 g/mol. The molecular weight excluding hydrogens is 184 g/mol. The van der Waals surface area contributed by atoms with E-state index in [0.717, 1.165) is 19.7 Å². The first-order valence-electron chi connectivity index (χ1n) is 5.04. The average Bonchev–Trinajstić information content (AvgIpc) is 2.18. The van der Waals surface area contributed by atoms with Crippen LogP contribution < -0.4 is 10.6 Å². The maximum absolute atomic E-state index is 10.1. The van der Waals surface area contributed by atoms with Gasteiger partial charge >= 0.3 is 6.09 Å². The molecular formula is C9H18N2O3. The van der Waals surface area contributed by atoms with E-state index in [0.29, 0.717) is 19.1 Å². The molecule has 3 N–H and O–H groups in total. The van der Waals surface area contributed by atoms with E-state index in [1.807, 2.05) is 0 Å². The molecule has 0 aromatic carbocycles. The zero-order chi connectivity index (χ0) is 10.2. The summed E-state index contributed by atoms with van der Waals surface area (Å²) in [5.41, 5.74) is 0. The van der Waals surface area contributed by atoms with E-state index in [4.69, 9.17) is 9.84 Å². The Kier molecular flexibility index (Phi) is 5.32. The van der Waals surface area contributed by atoms with Crippen LogP contribution in [0.5, 0.6) is 0 Å². The number of piperidine rings is 1. The topological polar surface area (TPSA) is 70.6 Å². The summed E-state index contributed by atoms with van der Waals surface area (Å²) in [5.74, 6) is 0.591. The molecule has 0 aromatic rings. The summed E-state index contributed by atoms with van der Waals surface area (Å²) in [7, 11) is 0. The smallest absolute Gasteiger partial charge is 0.404 e. The van der Waals surface area contributed by atoms with Crippen molar-refractivity contribution < 1.29 is 14.6 Å². The Morgan fingerprint density at radius 2 is 2.50 bits per heavy atom. The molecule has 82 valence electrons. The van der Waals surface area contributed by atoms with Gasteiger partial charge in [-0.05, 0) is 25.3 Å². The Bertz CT molecular complexity index is 169. The van der Waals surface area contributed by atoms with Crippen LogP contribution in [0.1, 0.15) is 12.8 Å². The lowest BCUT2D eigenvalue weighted by molar-refractivity contribution is 0.0909. The van der Waals surface area contributed by atoms with Crippen LogP contribution in [0, 0.1) is 5.92 Å². The lowest BCUT2D eigenvalue weighted by Crippen LogP contribution is -2.33.